The monoisotopic (exact) mass is 456 g/mol. The van der Waals surface area contributed by atoms with E-state index in [4.69, 9.17) is 4.74 Å². The van der Waals surface area contributed by atoms with Gasteiger partial charge in [-0.15, -0.1) is 0 Å². The Labute approximate surface area is 187 Å². The van der Waals surface area contributed by atoms with Gasteiger partial charge in [0.25, 0.3) is 5.91 Å². The van der Waals surface area contributed by atoms with Gasteiger partial charge >= 0.3 is 12.2 Å². The molecule has 0 aliphatic carbocycles. The first-order chi connectivity index (χ1) is 15.7. The number of hydrogen-bond donors (Lipinski definition) is 2. The number of rotatable bonds is 4. The topological polar surface area (TPSA) is 83.6 Å². The van der Waals surface area contributed by atoms with E-state index in [1.165, 1.54) is 30.3 Å². The summed E-state index contributed by atoms with van der Waals surface area (Å²) in [5.41, 5.74) is 0.710. The number of carbonyl (C=O) groups excluding carboxylic acids is 2. The normalized spacial score (nSPS) is 12.8. The highest BCUT2D eigenvalue weighted by Crippen LogP contribution is 2.36. The third-order valence-electron chi connectivity index (χ3n) is 5.07. The molecule has 0 radical (unpaired) electrons. The Kier molecular flexibility index (Phi) is 5.91. The van der Waals surface area contributed by atoms with Gasteiger partial charge in [-0.25, -0.2) is 4.79 Å². The summed E-state index contributed by atoms with van der Waals surface area (Å²) in [7, 11) is 1.49. The first-order valence-corrected chi connectivity index (χ1v) is 9.99. The minimum Gasteiger partial charge on any atom is -0.457 e. The van der Waals surface area contributed by atoms with Crippen molar-refractivity contribution in [2.75, 3.05) is 23.8 Å². The number of ether oxygens (including phenoxy) is 1. The van der Waals surface area contributed by atoms with Crippen LogP contribution in [0.2, 0.25) is 0 Å². The number of nitrogens with one attached hydrogen (secondary N) is 2. The molecule has 1 aliphatic heterocycles. The molecule has 7 nitrogen and oxygen atoms in total. The highest BCUT2D eigenvalue weighted by Gasteiger charge is 2.33. The van der Waals surface area contributed by atoms with E-state index >= 15 is 0 Å². The molecule has 0 spiro atoms. The molecular formula is C23H19F3N4O3. The molecule has 2 N–H and O–H groups in total. The lowest BCUT2D eigenvalue weighted by atomic mass is 10.1. The molecule has 2 aromatic carbocycles. The van der Waals surface area contributed by atoms with Gasteiger partial charge in [0.2, 0.25) is 0 Å². The van der Waals surface area contributed by atoms with Crippen LogP contribution in [0.3, 0.4) is 0 Å². The van der Waals surface area contributed by atoms with Crippen molar-refractivity contribution in [2.24, 2.45) is 0 Å². The van der Waals surface area contributed by atoms with Crippen LogP contribution in [0.25, 0.3) is 0 Å². The zero-order valence-corrected chi connectivity index (χ0v) is 17.4. The van der Waals surface area contributed by atoms with Crippen molar-refractivity contribution < 1.29 is 27.5 Å². The van der Waals surface area contributed by atoms with Crippen LogP contribution in [0.1, 0.15) is 21.6 Å². The molecule has 33 heavy (non-hydrogen) atoms. The van der Waals surface area contributed by atoms with Crippen molar-refractivity contribution in [3.63, 3.8) is 0 Å². The van der Waals surface area contributed by atoms with Gasteiger partial charge in [0.15, 0.2) is 0 Å². The highest BCUT2D eigenvalue weighted by molar-refractivity contribution is 6.03. The number of amides is 3. The zero-order valence-electron chi connectivity index (χ0n) is 17.4. The third kappa shape index (κ3) is 4.89. The van der Waals surface area contributed by atoms with Crippen LogP contribution in [0.15, 0.2) is 60.8 Å². The summed E-state index contributed by atoms with van der Waals surface area (Å²) < 4.78 is 45.0. The average molecular weight is 456 g/mol. The van der Waals surface area contributed by atoms with Crippen molar-refractivity contribution in [2.45, 2.75) is 12.6 Å². The fraction of sp³-hybridized carbons (Fsp3) is 0.174. The first-order valence-electron chi connectivity index (χ1n) is 9.99. The molecule has 4 rings (SSSR count). The number of alkyl halides is 3. The summed E-state index contributed by atoms with van der Waals surface area (Å²) in [4.78, 5) is 29.8. The molecule has 1 aliphatic rings. The van der Waals surface area contributed by atoms with E-state index in [-0.39, 0.29) is 23.8 Å². The molecule has 0 fully saturated rings. The Bertz CT molecular complexity index is 1210. The summed E-state index contributed by atoms with van der Waals surface area (Å²) >= 11 is 0. The number of benzene rings is 2. The van der Waals surface area contributed by atoms with Crippen molar-refractivity contribution in [1.29, 1.82) is 0 Å². The standard InChI is InChI=1S/C23H19F3N4O3/c1-27-21(31)19-13-18(7-9-28-19)33-17-4-2-3-16(12-17)29-22(32)30-10-8-14-5-6-15(11-20(14)30)23(24,25)26/h2-7,9,11-13H,8,10H2,1H3,(H,27,31)(H,29,32). The van der Waals surface area contributed by atoms with E-state index < -0.39 is 17.8 Å². The summed E-state index contributed by atoms with van der Waals surface area (Å²) in [6.45, 7) is 0.276. The maximum absolute atomic E-state index is 13.1. The van der Waals surface area contributed by atoms with E-state index in [1.54, 1.807) is 30.3 Å². The van der Waals surface area contributed by atoms with Crippen LogP contribution < -0.4 is 20.3 Å². The molecule has 0 unspecified atom stereocenters. The minimum atomic E-state index is -4.49. The molecule has 0 saturated carbocycles. The van der Waals surface area contributed by atoms with Crippen LogP contribution in [0.4, 0.5) is 29.3 Å². The molecule has 1 aromatic heterocycles. The van der Waals surface area contributed by atoms with E-state index in [9.17, 15) is 22.8 Å². The van der Waals surface area contributed by atoms with Crippen molar-refractivity contribution in [3.8, 4) is 11.5 Å². The molecule has 3 amide bonds. The Balaban J connectivity index is 1.49. The fourth-order valence-electron chi connectivity index (χ4n) is 3.46. The fourth-order valence-corrected chi connectivity index (χ4v) is 3.46. The molecule has 170 valence electrons. The molecule has 10 heteroatoms. The van der Waals surface area contributed by atoms with Crippen LogP contribution >= 0.6 is 0 Å². The Morgan fingerprint density at radius 2 is 1.85 bits per heavy atom. The number of nitrogens with zero attached hydrogens (tertiary/aromatic N) is 2. The lowest BCUT2D eigenvalue weighted by molar-refractivity contribution is -0.137. The highest BCUT2D eigenvalue weighted by atomic mass is 19.4. The number of fused-ring (bicyclic) bond motifs is 1. The predicted octanol–water partition coefficient (Wildman–Crippen LogP) is 4.85. The van der Waals surface area contributed by atoms with Gasteiger partial charge < -0.3 is 15.4 Å². The average Bonchev–Trinajstić information content (AvgIpc) is 3.22. The van der Waals surface area contributed by atoms with Crippen LogP contribution in [0.5, 0.6) is 11.5 Å². The van der Waals surface area contributed by atoms with E-state index in [1.807, 2.05) is 0 Å². The molecule has 0 atom stereocenters. The van der Waals surface area contributed by atoms with Crippen molar-refractivity contribution in [1.82, 2.24) is 10.3 Å². The zero-order chi connectivity index (χ0) is 23.6. The number of carbonyl (C=O) groups is 2. The van der Waals surface area contributed by atoms with Gasteiger partial charge in [-0.1, -0.05) is 12.1 Å². The summed E-state index contributed by atoms with van der Waals surface area (Å²) in [5, 5.41) is 5.17. The lowest BCUT2D eigenvalue weighted by Crippen LogP contribution is -2.33. The van der Waals surface area contributed by atoms with Crippen LogP contribution in [0, 0.1) is 0 Å². The second-order valence-corrected chi connectivity index (χ2v) is 7.26. The number of anilines is 2. The molecule has 3 aromatic rings. The van der Waals surface area contributed by atoms with Crippen molar-refractivity contribution >= 4 is 23.3 Å². The maximum atomic E-state index is 13.1. The number of pyridine rings is 1. The molecular weight excluding hydrogens is 437 g/mol. The number of urea groups is 1. The summed E-state index contributed by atoms with van der Waals surface area (Å²) in [6, 6.07) is 12.5. The number of aromatic nitrogens is 1. The van der Waals surface area contributed by atoms with Gasteiger partial charge in [0, 0.05) is 43.3 Å². The number of hydrogen-bond acceptors (Lipinski definition) is 4. The van der Waals surface area contributed by atoms with Gasteiger partial charge in [0.05, 0.1) is 5.56 Å². The summed E-state index contributed by atoms with van der Waals surface area (Å²) in [6.07, 6.45) is -2.58. The Morgan fingerprint density at radius 1 is 1.06 bits per heavy atom. The minimum absolute atomic E-state index is 0.186. The SMILES string of the molecule is CNC(=O)c1cc(Oc2cccc(NC(=O)N3CCc4ccc(C(F)(F)F)cc43)c2)ccn1. The maximum Gasteiger partial charge on any atom is 0.416 e. The van der Waals surface area contributed by atoms with Gasteiger partial charge in [-0.05, 0) is 42.3 Å². The predicted molar refractivity (Wildman–Crippen MR) is 116 cm³/mol. The van der Waals surface area contributed by atoms with E-state index in [0.29, 0.717) is 29.2 Å². The quantitative estimate of drug-likeness (QED) is 0.588. The summed E-state index contributed by atoms with van der Waals surface area (Å²) in [5.74, 6) is 0.407. The smallest absolute Gasteiger partial charge is 0.416 e. The van der Waals surface area contributed by atoms with E-state index in [0.717, 1.165) is 12.1 Å². The Morgan fingerprint density at radius 3 is 2.61 bits per heavy atom. The van der Waals surface area contributed by atoms with Gasteiger partial charge in [-0.3, -0.25) is 14.7 Å². The van der Waals surface area contributed by atoms with Crippen LogP contribution in [-0.2, 0) is 12.6 Å². The molecule has 0 bridgehead atoms. The first kappa shape index (κ1) is 22.1. The second kappa shape index (κ2) is 8.81. The Hall–Kier alpha value is -4.08. The van der Waals surface area contributed by atoms with Gasteiger partial charge in [0.1, 0.15) is 17.2 Å². The van der Waals surface area contributed by atoms with Gasteiger partial charge in [-0.2, -0.15) is 13.2 Å². The third-order valence-corrected chi connectivity index (χ3v) is 5.07. The number of halogens is 3. The molecule has 2 heterocycles. The largest absolute Gasteiger partial charge is 0.457 e. The lowest BCUT2D eigenvalue weighted by Gasteiger charge is -2.19. The van der Waals surface area contributed by atoms with Crippen LogP contribution in [-0.4, -0.2) is 30.5 Å². The van der Waals surface area contributed by atoms with Crippen molar-refractivity contribution in [3.05, 3.63) is 77.6 Å². The molecule has 0 saturated heterocycles. The second-order valence-electron chi connectivity index (χ2n) is 7.26. The van der Waals surface area contributed by atoms with E-state index in [2.05, 4.69) is 15.6 Å².